The molecule has 0 saturated heterocycles. The Morgan fingerprint density at radius 3 is 2.43 bits per heavy atom. The Kier molecular flexibility index (Phi) is 8.20. The average molecular weight is 547 g/mol. The smallest absolute Gasteiger partial charge is 0.319 e. The minimum absolute atomic E-state index is 0.204. The molecule has 0 fully saturated rings. The number of urea groups is 1. The molecule has 0 aliphatic rings. The molecule has 7 nitrogen and oxygen atoms in total. The van der Waals surface area contributed by atoms with E-state index in [0.717, 1.165) is 11.1 Å². The molecular weight excluding hydrogens is 529 g/mol. The fourth-order valence-electron chi connectivity index (χ4n) is 3.18. The number of aromatic nitrogens is 2. The topological polar surface area (TPSA) is 96.0 Å². The molecule has 3 amide bonds. The molecule has 1 aromatic heterocycles. The summed E-state index contributed by atoms with van der Waals surface area (Å²) in [5.41, 5.74) is 1.98. The van der Waals surface area contributed by atoms with E-state index in [2.05, 4.69) is 26.1 Å². The van der Waals surface area contributed by atoms with Gasteiger partial charge in [0.15, 0.2) is 0 Å². The van der Waals surface area contributed by atoms with Gasteiger partial charge in [0.25, 0.3) is 0 Å². The lowest BCUT2D eigenvalue weighted by molar-refractivity contribution is -0.117. The van der Waals surface area contributed by atoms with Gasteiger partial charge in [-0.25, -0.2) is 4.79 Å². The lowest BCUT2D eigenvalue weighted by Crippen LogP contribution is -2.47. The van der Waals surface area contributed by atoms with Gasteiger partial charge in [0.1, 0.15) is 11.0 Å². The number of hydrogen-bond donors (Lipinski definition) is 3. The average Bonchev–Trinajstić information content (AvgIpc) is 3.31. The largest absolute Gasteiger partial charge is 0.326 e. The number of rotatable bonds is 7. The Balaban J connectivity index is 1.49. The molecule has 1 atom stereocenters. The van der Waals surface area contributed by atoms with Crippen molar-refractivity contribution < 1.29 is 9.59 Å². The summed E-state index contributed by atoms with van der Waals surface area (Å²) in [5.74, 6) is -0.449. The number of nitrogens with one attached hydrogen (secondary N) is 3. The normalized spacial score (nSPS) is 11.5. The van der Waals surface area contributed by atoms with Gasteiger partial charge in [0.2, 0.25) is 11.0 Å². The number of nitrogens with zero attached hydrogens (tertiary/aromatic N) is 2. The quantitative estimate of drug-likeness (QED) is 0.245. The molecule has 3 aromatic carbocycles. The molecule has 0 aliphatic heterocycles. The van der Waals surface area contributed by atoms with E-state index in [9.17, 15) is 9.59 Å². The maximum Gasteiger partial charge on any atom is 0.319 e. The van der Waals surface area contributed by atoms with Gasteiger partial charge < -0.3 is 10.6 Å². The van der Waals surface area contributed by atoms with Crippen LogP contribution in [0.15, 0.2) is 72.8 Å². The fraction of sp³-hybridized carbons (Fsp3) is 0.0833. The highest BCUT2D eigenvalue weighted by Gasteiger charge is 2.23. The standard InChI is InChI=1S/C24H18Cl3N5O2S/c25-16-9-4-8-15(13-16)22-31-32-24(35-22)30-21(33)19(12-14-6-2-1-3-7-14)29-23(34)28-18-11-5-10-17(26)20(18)27/h1-11,13,19H,12H2,(H2,28,29,34)(H,30,32,33)/t19-/m1/s1. The van der Waals surface area contributed by atoms with Gasteiger partial charge in [-0.05, 0) is 29.8 Å². The number of carbonyl (C=O) groups excluding carboxylic acids is 2. The third-order valence-corrected chi connectivity index (χ3v) is 6.77. The van der Waals surface area contributed by atoms with Crippen molar-refractivity contribution in [3.05, 3.63) is 93.4 Å². The first kappa shape index (κ1) is 24.9. The van der Waals surface area contributed by atoms with Crippen LogP contribution >= 0.6 is 46.1 Å². The van der Waals surface area contributed by atoms with Crippen molar-refractivity contribution >= 4 is 68.9 Å². The van der Waals surface area contributed by atoms with E-state index in [1.54, 1.807) is 30.3 Å². The molecule has 11 heteroatoms. The predicted octanol–water partition coefficient (Wildman–Crippen LogP) is 6.54. The molecule has 4 rings (SSSR count). The monoisotopic (exact) mass is 545 g/mol. The first-order valence-corrected chi connectivity index (χ1v) is 12.3. The van der Waals surface area contributed by atoms with Crippen LogP contribution in [0, 0.1) is 0 Å². The van der Waals surface area contributed by atoms with E-state index in [1.165, 1.54) is 11.3 Å². The minimum atomic E-state index is -0.908. The van der Waals surface area contributed by atoms with E-state index < -0.39 is 18.0 Å². The number of anilines is 2. The second-order valence-electron chi connectivity index (χ2n) is 7.35. The van der Waals surface area contributed by atoms with Crippen LogP contribution in [0.5, 0.6) is 0 Å². The van der Waals surface area contributed by atoms with Crippen LogP contribution in [0.2, 0.25) is 15.1 Å². The van der Waals surface area contributed by atoms with Crippen LogP contribution in [-0.4, -0.2) is 28.2 Å². The summed E-state index contributed by atoms with van der Waals surface area (Å²) in [5, 5.41) is 18.2. The van der Waals surface area contributed by atoms with E-state index in [0.29, 0.717) is 25.9 Å². The Hall–Kier alpha value is -3.17. The molecule has 0 spiro atoms. The number of benzene rings is 3. The van der Waals surface area contributed by atoms with Crippen LogP contribution in [0.3, 0.4) is 0 Å². The highest BCUT2D eigenvalue weighted by Crippen LogP contribution is 2.30. The van der Waals surface area contributed by atoms with E-state index >= 15 is 0 Å². The van der Waals surface area contributed by atoms with Gasteiger partial charge in [-0.1, -0.05) is 94.7 Å². The van der Waals surface area contributed by atoms with Crippen molar-refractivity contribution in [2.24, 2.45) is 0 Å². The van der Waals surface area contributed by atoms with Crippen LogP contribution < -0.4 is 16.0 Å². The SMILES string of the molecule is O=C(Nc1cccc(Cl)c1Cl)N[C@H](Cc1ccccc1)C(=O)Nc1nnc(-c2cccc(Cl)c2)s1. The van der Waals surface area contributed by atoms with Gasteiger partial charge >= 0.3 is 6.03 Å². The first-order chi connectivity index (χ1) is 16.9. The third kappa shape index (κ3) is 6.70. The lowest BCUT2D eigenvalue weighted by atomic mass is 10.1. The molecule has 0 saturated carbocycles. The predicted molar refractivity (Wildman–Crippen MR) is 142 cm³/mol. The number of amides is 3. The highest BCUT2D eigenvalue weighted by atomic mass is 35.5. The molecule has 178 valence electrons. The van der Waals surface area contributed by atoms with E-state index in [4.69, 9.17) is 34.8 Å². The van der Waals surface area contributed by atoms with Crippen LogP contribution in [0.25, 0.3) is 10.6 Å². The maximum absolute atomic E-state index is 13.1. The molecule has 0 aliphatic carbocycles. The summed E-state index contributed by atoms with van der Waals surface area (Å²) in [6, 6.07) is 19.9. The van der Waals surface area contributed by atoms with Crippen molar-refractivity contribution in [3.8, 4) is 10.6 Å². The summed E-state index contributed by atoms with van der Waals surface area (Å²) in [6.45, 7) is 0. The van der Waals surface area contributed by atoms with E-state index in [1.807, 2.05) is 42.5 Å². The highest BCUT2D eigenvalue weighted by molar-refractivity contribution is 7.18. The number of halogens is 3. The van der Waals surface area contributed by atoms with Crippen LogP contribution in [0.4, 0.5) is 15.6 Å². The Bertz CT molecular complexity index is 1350. The minimum Gasteiger partial charge on any atom is -0.326 e. The zero-order chi connectivity index (χ0) is 24.8. The van der Waals surface area contributed by atoms with Gasteiger partial charge in [0.05, 0.1) is 15.7 Å². The van der Waals surface area contributed by atoms with Gasteiger partial charge in [-0.3, -0.25) is 10.1 Å². The van der Waals surface area contributed by atoms with Crippen molar-refractivity contribution in [1.82, 2.24) is 15.5 Å². The summed E-state index contributed by atoms with van der Waals surface area (Å²) >= 11 is 19.4. The Labute approximate surface area is 220 Å². The van der Waals surface area contributed by atoms with Crippen molar-refractivity contribution in [2.75, 3.05) is 10.6 Å². The third-order valence-electron chi connectivity index (χ3n) is 4.83. The Morgan fingerprint density at radius 2 is 1.66 bits per heavy atom. The molecule has 3 N–H and O–H groups in total. The molecule has 0 unspecified atom stereocenters. The zero-order valence-corrected chi connectivity index (χ0v) is 21.1. The Morgan fingerprint density at radius 1 is 0.886 bits per heavy atom. The van der Waals surface area contributed by atoms with Crippen molar-refractivity contribution in [2.45, 2.75) is 12.5 Å². The summed E-state index contributed by atoms with van der Waals surface area (Å²) in [6.07, 6.45) is 0.253. The summed E-state index contributed by atoms with van der Waals surface area (Å²) in [7, 11) is 0. The van der Waals surface area contributed by atoms with Crippen molar-refractivity contribution in [1.29, 1.82) is 0 Å². The second kappa shape index (κ2) is 11.5. The van der Waals surface area contributed by atoms with Gasteiger partial charge in [-0.2, -0.15) is 0 Å². The van der Waals surface area contributed by atoms with Gasteiger partial charge in [0, 0.05) is 17.0 Å². The summed E-state index contributed by atoms with van der Waals surface area (Å²) < 4.78 is 0. The molecule has 35 heavy (non-hydrogen) atoms. The molecule has 4 aromatic rings. The van der Waals surface area contributed by atoms with Gasteiger partial charge in [-0.15, -0.1) is 10.2 Å². The first-order valence-electron chi connectivity index (χ1n) is 10.3. The second-order valence-corrected chi connectivity index (χ2v) is 9.55. The molecule has 1 heterocycles. The number of carbonyl (C=O) groups is 2. The van der Waals surface area contributed by atoms with Crippen LogP contribution in [0.1, 0.15) is 5.56 Å². The molecule has 0 radical (unpaired) electrons. The van der Waals surface area contributed by atoms with Crippen molar-refractivity contribution in [3.63, 3.8) is 0 Å². The summed E-state index contributed by atoms with van der Waals surface area (Å²) in [4.78, 5) is 25.9. The van der Waals surface area contributed by atoms with E-state index in [-0.39, 0.29) is 11.4 Å². The fourth-order valence-corrected chi connectivity index (χ4v) is 4.46. The molecular formula is C24H18Cl3N5O2S. The van der Waals surface area contributed by atoms with Crippen LogP contribution in [-0.2, 0) is 11.2 Å². The lowest BCUT2D eigenvalue weighted by Gasteiger charge is -2.18. The number of hydrogen-bond acceptors (Lipinski definition) is 5. The zero-order valence-electron chi connectivity index (χ0n) is 18.0. The maximum atomic E-state index is 13.1. The molecule has 0 bridgehead atoms.